The smallest absolute Gasteiger partial charge is 0.0106 e. The van der Waals surface area contributed by atoms with Crippen molar-refractivity contribution in [2.24, 2.45) is 0 Å². The molecule has 128 valence electrons. The molecule has 0 spiro atoms. The van der Waals surface area contributed by atoms with E-state index in [1.807, 2.05) is 34.6 Å². The molecule has 0 unspecified atom stereocenters. The Morgan fingerprint density at radius 2 is 1.08 bits per heavy atom. The van der Waals surface area contributed by atoms with Gasteiger partial charge in [-0.25, -0.2) is 0 Å². The zero-order valence-corrected chi connectivity index (χ0v) is 16.1. The molecule has 2 aromatic rings. The molecule has 0 aliphatic rings. The topological polar surface area (TPSA) is 0 Å². The number of rotatable bonds is 4. The Hall–Kier alpha value is -2.34. The van der Waals surface area contributed by atoms with Gasteiger partial charge in [0.25, 0.3) is 0 Å². The molecule has 0 amide bonds. The van der Waals surface area contributed by atoms with Gasteiger partial charge in [-0.2, -0.15) is 0 Å². The van der Waals surface area contributed by atoms with E-state index in [4.69, 9.17) is 0 Å². The van der Waals surface area contributed by atoms with E-state index in [1.54, 1.807) is 0 Å². The van der Waals surface area contributed by atoms with Gasteiger partial charge in [0.2, 0.25) is 0 Å². The van der Waals surface area contributed by atoms with Crippen molar-refractivity contribution >= 4 is 5.57 Å². The van der Waals surface area contributed by atoms with Crippen molar-refractivity contribution in [1.82, 2.24) is 0 Å². The normalized spacial score (nSPS) is 10.2. The fraction of sp³-hybridized carbons (Fsp3) is 0.250. The lowest BCUT2D eigenvalue weighted by Crippen LogP contribution is -1.88. The largest absolute Gasteiger partial charge is 0.0871 e. The monoisotopic (exact) mass is 320 g/mol. The van der Waals surface area contributed by atoms with E-state index in [0.29, 0.717) is 0 Å². The highest BCUT2D eigenvalue weighted by Gasteiger charge is 2.04. The van der Waals surface area contributed by atoms with Crippen LogP contribution in [0.2, 0.25) is 0 Å². The highest BCUT2D eigenvalue weighted by Crippen LogP contribution is 2.25. The molecule has 0 saturated heterocycles. The van der Waals surface area contributed by atoms with Crippen LogP contribution in [0.15, 0.2) is 90.5 Å². The van der Waals surface area contributed by atoms with Crippen molar-refractivity contribution in [1.29, 1.82) is 0 Å². The van der Waals surface area contributed by atoms with Gasteiger partial charge in [0, 0.05) is 0 Å². The van der Waals surface area contributed by atoms with Crippen molar-refractivity contribution < 1.29 is 0 Å². The first-order valence-electron chi connectivity index (χ1n) is 8.96. The van der Waals surface area contributed by atoms with Gasteiger partial charge >= 0.3 is 0 Å². The van der Waals surface area contributed by atoms with E-state index in [-0.39, 0.29) is 0 Å². The van der Waals surface area contributed by atoms with Crippen molar-refractivity contribution in [2.45, 2.75) is 41.5 Å². The van der Waals surface area contributed by atoms with Gasteiger partial charge < -0.3 is 0 Å². The molecule has 0 N–H and O–H groups in total. The molecule has 0 atom stereocenters. The summed E-state index contributed by atoms with van der Waals surface area (Å²) < 4.78 is 0. The van der Waals surface area contributed by atoms with Gasteiger partial charge in [-0.15, -0.1) is 0 Å². The van der Waals surface area contributed by atoms with Gasteiger partial charge in [-0.05, 0) is 42.2 Å². The molecule has 0 aliphatic heterocycles. The fourth-order valence-electron chi connectivity index (χ4n) is 2.16. The summed E-state index contributed by atoms with van der Waals surface area (Å²) in [6.45, 7) is 12.1. The summed E-state index contributed by atoms with van der Waals surface area (Å²) in [5, 5.41) is 0. The minimum Gasteiger partial charge on any atom is -0.0871 e. The molecule has 0 saturated carbocycles. The second-order valence-electron chi connectivity index (χ2n) is 4.58. The van der Waals surface area contributed by atoms with Crippen LogP contribution in [0.4, 0.5) is 0 Å². The fourth-order valence-corrected chi connectivity index (χ4v) is 2.16. The van der Waals surface area contributed by atoms with E-state index in [0.717, 1.165) is 0 Å². The molecule has 0 heterocycles. The Kier molecular flexibility index (Phi) is 12.9. The molecule has 0 fully saturated rings. The summed E-state index contributed by atoms with van der Waals surface area (Å²) in [4.78, 5) is 0. The van der Waals surface area contributed by atoms with Gasteiger partial charge in [0.15, 0.2) is 0 Å². The predicted molar refractivity (Wildman–Crippen MR) is 111 cm³/mol. The summed E-state index contributed by atoms with van der Waals surface area (Å²) >= 11 is 0. The number of hydrogen-bond acceptors (Lipinski definition) is 0. The Morgan fingerprint density at radius 3 is 1.42 bits per heavy atom. The van der Waals surface area contributed by atoms with Crippen LogP contribution in [0.25, 0.3) is 5.57 Å². The Morgan fingerprint density at radius 1 is 0.667 bits per heavy atom. The lowest BCUT2D eigenvalue weighted by Gasteiger charge is -2.09. The molecule has 24 heavy (non-hydrogen) atoms. The molecule has 0 aromatic heterocycles. The van der Waals surface area contributed by atoms with E-state index >= 15 is 0 Å². The maximum atomic E-state index is 2.24. The van der Waals surface area contributed by atoms with Crippen LogP contribution in [0.3, 0.4) is 0 Å². The number of allylic oxidation sites excluding steroid dienone is 5. The van der Waals surface area contributed by atoms with Gasteiger partial charge in [0.1, 0.15) is 0 Å². The number of hydrogen-bond donors (Lipinski definition) is 0. The third-order valence-corrected chi connectivity index (χ3v) is 3.17. The van der Waals surface area contributed by atoms with E-state index in [1.165, 1.54) is 22.3 Å². The van der Waals surface area contributed by atoms with Crippen LogP contribution in [-0.2, 0) is 0 Å². The summed E-state index contributed by atoms with van der Waals surface area (Å²) in [5.41, 5.74) is 4.94. The van der Waals surface area contributed by atoms with Crippen molar-refractivity contribution in [3.8, 4) is 0 Å². The molecule has 2 rings (SSSR count). The minimum absolute atomic E-state index is 1.22. The lowest BCUT2D eigenvalue weighted by molar-refractivity contribution is 1.50. The third kappa shape index (κ3) is 7.28. The van der Waals surface area contributed by atoms with Crippen LogP contribution in [-0.4, -0.2) is 0 Å². The zero-order chi connectivity index (χ0) is 18.2. The SMILES string of the molecule is C/C=C\C(C=C(c1ccccc1)c1ccccc1)=C/C.CC.CC. The van der Waals surface area contributed by atoms with Gasteiger partial charge in [0.05, 0.1) is 0 Å². The Bertz CT molecular complexity index is 572. The quantitative estimate of drug-likeness (QED) is 0.506. The van der Waals surface area contributed by atoms with Crippen LogP contribution < -0.4 is 0 Å². The Labute approximate surface area is 149 Å². The van der Waals surface area contributed by atoms with Crippen LogP contribution in [0, 0.1) is 0 Å². The first-order chi connectivity index (χ1) is 11.8. The average molecular weight is 321 g/mol. The molecular weight excluding hydrogens is 288 g/mol. The Balaban J connectivity index is 0.00000123. The molecule has 0 nitrogen and oxygen atoms in total. The maximum absolute atomic E-state index is 2.24. The summed E-state index contributed by atoms with van der Waals surface area (Å²) in [5.74, 6) is 0. The molecular formula is C24H32. The van der Waals surface area contributed by atoms with Crippen molar-refractivity contribution in [2.75, 3.05) is 0 Å². The standard InChI is InChI=1S/C20H20.2C2H6/c1-3-11-17(4-2)16-20(18-12-7-5-8-13-18)19-14-9-6-10-15-19;2*1-2/h3-16H,1-2H3;2*1-2H3/b11-3-,17-4+;;. The van der Waals surface area contributed by atoms with E-state index in [9.17, 15) is 0 Å². The lowest BCUT2D eigenvalue weighted by atomic mass is 9.95. The average Bonchev–Trinajstić information content (AvgIpc) is 2.69. The van der Waals surface area contributed by atoms with Crippen LogP contribution >= 0.6 is 0 Å². The first-order valence-corrected chi connectivity index (χ1v) is 8.96. The molecule has 0 heteroatoms. The summed E-state index contributed by atoms with van der Waals surface area (Å²) in [6, 6.07) is 21.0. The van der Waals surface area contributed by atoms with Crippen molar-refractivity contribution in [3.63, 3.8) is 0 Å². The highest BCUT2D eigenvalue weighted by molar-refractivity contribution is 5.81. The van der Waals surface area contributed by atoms with Crippen LogP contribution in [0.1, 0.15) is 52.7 Å². The third-order valence-electron chi connectivity index (χ3n) is 3.17. The molecule has 0 aliphatic carbocycles. The predicted octanol–water partition coefficient (Wildman–Crippen LogP) is 7.69. The minimum atomic E-state index is 1.22. The van der Waals surface area contributed by atoms with E-state index < -0.39 is 0 Å². The van der Waals surface area contributed by atoms with Crippen LogP contribution in [0.5, 0.6) is 0 Å². The van der Waals surface area contributed by atoms with E-state index in [2.05, 4.69) is 91.9 Å². The summed E-state index contributed by atoms with van der Waals surface area (Å²) in [6.07, 6.45) is 8.57. The summed E-state index contributed by atoms with van der Waals surface area (Å²) in [7, 11) is 0. The highest BCUT2D eigenvalue weighted by atomic mass is 14.1. The maximum Gasteiger partial charge on any atom is -0.0106 e. The number of benzene rings is 2. The second kappa shape index (κ2) is 14.3. The molecule has 2 aromatic carbocycles. The molecule has 0 bridgehead atoms. The van der Waals surface area contributed by atoms with Crippen molar-refractivity contribution in [3.05, 3.63) is 102 Å². The zero-order valence-electron chi connectivity index (χ0n) is 16.1. The van der Waals surface area contributed by atoms with Gasteiger partial charge in [-0.1, -0.05) is 107 Å². The first kappa shape index (κ1) is 21.7. The molecule has 0 radical (unpaired) electrons. The van der Waals surface area contributed by atoms with Gasteiger partial charge in [-0.3, -0.25) is 0 Å². The second-order valence-corrected chi connectivity index (χ2v) is 4.58.